The van der Waals surface area contributed by atoms with Crippen LogP contribution in [-0.4, -0.2) is 45.9 Å². The molecule has 2 aromatic rings. The standard InChI is InChI=1S/C24H28N4O2/c1-24(2,3)21-14-27(15-26-21)22-12-19-17-6-4-7-18(20-8-5-11-30-20)16(17)9-10-28(19)23(29)13-25-22/h4,6-7,12,14-15,20H,5,8-11,13H2,1-3H3/t20-/m0/s1. The highest BCUT2D eigenvalue weighted by molar-refractivity contribution is 6.06. The van der Waals surface area contributed by atoms with Crippen molar-refractivity contribution < 1.29 is 9.53 Å². The highest BCUT2D eigenvalue weighted by Gasteiger charge is 2.31. The van der Waals surface area contributed by atoms with Crippen LogP contribution in [0, 0.1) is 0 Å². The van der Waals surface area contributed by atoms with Crippen LogP contribution in [0.25, 0.3) is 5.70 Å². The molecule has 1 amide bonds. The van der Waals surface area contributed by atoms with Gasteiger partial charge in [-0.25, -0.2) is 4.98 Å². The Morgan fingerprint density at radius 3 is 2.83 bits per heavy atom. The molecule has 1 saturated heterocycles. The number of carbonyl (C=O) groups is 1. The van der Waals surface area contributed by atoms with Crippen LogP contribution in [0.4, 0.5) is 0 Å². The molecule has 0 spiro atoms. The predicted molar refractivity (Wildman–Crippen MR) is 116 cm³/mol. The van der Waals surface area contributed by atoms with Gasteiger partial charge in [-0.3, -0.25) is 14.4 Å². The van der Waals surface area contributed by atoms with Gasteiger partial charge >= 0.3 is 0 Å². The van der Waals surface area contributed by atoms with Gasteiger partial charge in [0.05, 0.1) is 17.5 Å². The van der Waals surface area contributed by atoms with E-state index in [0.29, 0.717) is 6.54 Å². The monoisotopic (exact) mass is 404 g/mol. The number of rotatable bonds is 1. The van der Waals surface area contributed by atoms with Crippen molar-refractivity contribution in [3.05, 3.63) is 59.2 Å². The number of allylic oxidation sites excluding steroid dienone is 1. The van der Waals surface area contributed by atoms with E-state index < -0.39 is 0 Å². The van der Waals surface area contributed by atoms with Crippen LogP contribution in [0.1, 0.15) is 62.1 Å². The molecule has 6 nitrogen and oxygen atoms in total. The predicted octanol–water partition coefficient (Wildman–Crippen LogP) is 3.72. The molecule has 156 valence electrons. The average Bonchev–Trinajstić information content (AvgIpc) is 3.39. The average molecular weight is 405 g/mol. The first-order valence-corrected chi connectivity index (χ1v) is 10.8. The highest BCUT2D eigenvalue weighted by Crippen LogP contribution is 2.38. The summed E-state index contributed by atoms with van der Waals surface area (Å²) in [7, 11) is 0. The molecule has 30 heavy (non-hydrogen) atoms. The van der Waals surface area contributed by atoms with Crippen LogP contribution in [0.3, 0.4) is 0 Å². The maximum Gasteiger partial charge on any atom is 0.248 e. The molecule has 5 rings (SSSR count). The Hall–Kier alpha value is -2.73. The number of imidazole rings is 1. The van der Waals surface area contributed by atoms with Crippen molar-refractivity contribution >= 4 is 17.4 Å². The Labute approximate surface area is 177 Å². The molecular formula is C24H28N4O2. The number of fused-ring (bicyclic) bond motifs is 3. The van der Waals surface area contributed by atoms with Crippen molar-refractivity contribution in [3.8, 4) is 0 Å². The number of hydrogen-bond donors (Lipinski definition) is 0. The summed E-state index contributed by atoms with van der Waals surface area (Å²) in [5.41, 5.74) is 5.59. The molecule has 6 heteroatoms. The first-order chi connectivity index (χ1) is 14.4. The van der Waals surface area contributed by atoms with Gasteiger partial charge in [0.15, 0.2) is 0 Å². The molecule has 0 bridgehead atoms. The quantitative estimate of drug-likeness (QED) is 0.728. The zero-order valence-electron chi connectivity index (χ0n) is 17.9. The Morgan fingerprint density at radius 1 is 1.23 bits per heavy atom. The van der Waals surface area contributed by atoms with Gasteiger partial charge in [0.1, 0.15) is 18.7 Å². The number of ether oxygens (including phenoxy) is 1. The van der Waals surface area contributed by atoms with E-state index in [2.05, 4.69) is 48.9 Å². The van der Waals surface area contributed by atoms with Crippen LogP contribution in [0.2, 0.25) is 0 Å². The lowest BCUT2D eigenvalue weighted by molar-refractivity contribution is -0.126. The van der Waals surface area contributed by atoms with Crippen molar-refractivity contribution in [3.63, 3.8) is 0 Å². The highest BCUT2D eigenvalue weighted by atomic mass is 16.5. The van der Waals surface area contributed by atoms with E-state index in [4.69, 9.17) is 4.74 Å². The minimum Gasteiger partial charge on any atom is -0.374 e. The maximum atomic E-state index is 12.9. The van der Waals surface area contributed by atoms with Crippen molar-refractivity contribution in [1.82, 2.24) is 14.5 Å². The Kier molecular flexibility index (Phi) is 4.62. The Balaban J connectivity index is 1.59. The van der Waals surface area contributed by atoms with Gasteiger partial charge in [0.2, 0.25) is 5.91 Å². The first-order valence-electron chi connectivity index (χ1n) is 10.8. The largest absolute Gasteiger partial charge is 0.374 e. The molecule has 1 atom stereocenters. The molecule has 3 aliphatic heterocycles. The number of aromatic nitrogens is 2. The van der Waals surface area contributed by atoms with E-state index in [9.17, 15) is 4.79 Å². The summed E-state index contributed by atoms with van der Waals surface area (Å²) in [6.45, 7) is 8.09. The number of benzene rings is 1. The second-order valence-electron chi connectivity index (χ2n) is 9.29. The van der Waals surface area contributed by atoms with Crippen LogP contribution >= 0.6 is 0 Å². The zero-order valence-corrected chi connectivity index (χ0v) is 17.9. The fraction of sp³-hybridized carbons (Fsp3) is 0.458. The number of hydrogen-bond acceptors (Lipinski definition) is 4. The summed E-state index contributed by atoms with van der Waals surface area (Å²) < 4.78 is 7.91. The Morgan fingerprint density at radius 2 is 2.10 bits per heavy atom. The molecule has 4 heterocycles. The molecule has 0 aliphatic carbocycles. The van der Waals surface area contributed by atoms with E-state index in [1.165, 1.54) is 11.1 Å². The number of nitrogens with zero attached hydrogens (tertiary/aromatic N) is 4. The fourth-order valence-corrected chi connectivity index (χ4v) is 4.55. The van der Waals surface area contributed by atoms with Gasteiger partial charge in [-0.2, -0.15) is 0 Å². The van der Waals surface area contributed by atoms with Gasteiger partial charge in [-0.05, 0) is 30.4 Å². The van der Waals surface area contributed by atoms with E-state index in [-0.39, 0.29) is 24.0 Å². The number of amides is 1. The molecule has 0 saturated carbocycles. The normalized spacial score (nSPS) is 21.6. The summed E-state index contributed by atoms with van der Waals surface area (Å²) in [6, 6.07) is 6.39. The summed E-state index contributed by atoms with van der Waals surface area (Å²) >= 11 is 0. The fourth-order valence-electron chi connectivity index (χ4n) is 4.55. The number of aliphatic imine (C=N–C) groups is 1. The lowest BCUT2D eigenvalue weighted by atomic mass is 9.89. The van der Waals surface area contributed by atoms with Gasteiger partial charge in [0.25, 0.3) is 0 Å². The van der Waals surface area contributed by atoms with Gasteiger partial charge < -0.3 is 9.64 Å². The van der Waals surface area contributed by atoms with Gasteiger partial charge in [0, 0.05) is 36.4 Å². The Bertz CT molecular complexity index is 1050. The van der Waals surface area contributed by atoms with Crippen molar-refractivity contribution in [2.75, 3.05) is 19.7 Å². The van der Waals surface area contributed by atoms with Crippen LogP contribution in [0.15, 0.2) is 41.8 Å². The second kappa shape index (κ2) is 7.20. The summed E-state index contributed by atoms with van der Waals surface area (Å²) in [6.07, 6.45) is 9.04. The van der Waals surface area contributed by atoms with Crippen LogP contribution in [0.5, 0.6) is 0 Å². The van der Waals surface area contributed by atoms with Crippen molar-refractivity contribution in [2.45, 2.75) is 51.6 Å². The SMILES string of the molecule is CC(C)(C)c1cn(C2=NCC(=O)N3CCc4c(cccc4[C@@H]4CCCO4)C3=C2)cn1. The third kappa shape index (κ3) is 3.29. The third-order valence-corrected chi connectivity index (χ3v) is 6.20. The molecule has 0 radical (unpaired) electrons. The lowest BCUT2D eigenvalue weighted by Gasteiger charge is -2.32. The first kappa shape index (κ1) is 19.2. The molecule has 1 aromatic heterocycles. The minimum absolute atomic E-state index is 0.0422. The smallest absolute Gasteiger partial charge is 0.248 e. The molecule has 0 N–H and O–H groups in total. The second-order valence-corrected chi connectivity index (χ2v) is 9.29. The van der Waals surface area contributed by atoms with E-state index >= 15 is 0 Å². The van der Waals surface area contributed by atoms with E-state index in [0.717, 1.165) is 48.7 Å². The molecule has 1 aromatic carbocycles. The number of carbonyl (C=O) groups excluding carboxylic acids is 1. The minimum atomic E-state index is -0.0425. The molecule has 1 fully saturated rings. The van der Waals surface area contributed by atoms with Gasteiger partial charge in [-0.15, -0.1) is 0 Å². The molecule has 0 unspecified atom stereocenters. The van der Waals surface area contributed by atoms with E-state index in [1.54, 1.807) is 6.33 Å². The topological polar surface area (TPSA) is 59.7 Å². The van der Waals surface area contributed by atoms with Gasteiger partial charge in [-0.1, -0.05) is 39.0 Å². The van der Waals surface area contributed by atoms with Crippen molar-refractivity contribution in [2.24, 2.45) is 4.99 Å². The van der Waals surface area contributed by atoms with Crippen molar-refractivity contribution in [1.29, 1.82) is 0 Å². The zero-order chi connectivity index (χ0) is 20.9. The summed E-state index contributed by atoms with van der Waals surface area (Å²) in [5.74, 6) is 0.791. The van der Waals surface area contributed by atoms with Crippen LogP contribution in [-0.2, 0) is 21.4 Å². The summed E-state index contributed by atoms with van der Waals surface area (Å²) in [5, 5.41) is 0. The summed E-state index contributed by atoms with van der Waals surface area (Å²) in [4.78, 5) is 23.9. The molecular weight excluding hydrogens is 376 g/mol. The van der Waals surface area contributed by atoms with Crippen LogP contribution < -0.4 is 0 Å². The van der Waals surface area contributed by atoms with E-state index in [1.807, 2.05) is 21.7 Å². The lowest BCUT2D eigenvalue weighted by Crippen LogP contribution is -2.36. The maximum absolute atomic E-state index is 12.9. The third-order valence-electron chi connectivity index (χ3n) is 6.20. The molecule has 3 aliphatic rings.